The molecule has 33 heavy (non-hydrogen) atoms. The Morgan fingerprint density at radius 2 is 1.94 bits per heavy atom. The van der Waals surface area contributed by atoms with Crippen LogP contribution in [0.5, 0.6) is 11.5 Å². The summed E-state index contributed by atoms with van der Waals surface area (Å²) in [6, 6.07) is 5.23. The van der Waals surface area contributed by atoms with E-state index in [9.17, 15) is 4.79 Å². The number of nitrogens with two attached hydrogens (primary N) is 2. The number of carbonyl (C=O) groups is 1. The number of hydrogen-bond acceptors (Lipinski definition) is 9. The zero-order chi connectivity index (χ0) is 23.7. The molecule has 1 atom stereocenters. The third-order valence-electron chi connectivity index (χ3n) is 5.73. The quantitative estimate of drug-likeness (QED) is 0.559. The van der Waals surface area contributed by atoms with Gasteiger partial charge in [-0.1, -0.05) is 0 Å². The van der Waals surface area contributed by atoms with Gasteiger partial charge in [0.05, 0.1) is 14.2 Å². The van der Waals surface area contributed by atoms with Crippen LogP contribution < -0.4 is 25.8 Å². The van der Waals surface area contributed by atoms with E-state index in [1.54, 1.807) is 22.3 Å². The summed E-state index contributed by atoms with van der Waals surface area (Å²) in [5, 5.41) is 0.348. The van der Waals surface area contributed by atoms with Gasteiger partial charge in [0.1, 0.15) is 11.3 Å². The Balaban J connectivity index is 1.47. The van der Waals surface area contributed by atoms with Crippen molar-refractivity contribution in [1.29, 1.82) is 0 Å². The minimum absolute atomic E-state index is 0.00928. The highest BCUT2D eigenvalue weighted by Gasteiger charge is 2.26. The van der Waals surface area contributed by atoms with E-state index in [0.29, 0.717) is 37.5 Å². The lowest BCUT2D eigenvalue weighted by molar-refractivity contribution is -0.131. The molecule has 3 aromatic rings. The van der Waals surface area contributed by atoms with Crippen molar-refractivity contribution in [2.75, 3.05) is 51.0 Å². The van der Waals surface area contributed by atoms with Crippen LogP contribution >= 0.6 is 11.3 Å². The van der Waals surface area contributed by atoms with Gasteiger partial charge in [0.15, 0.2) is 17.3 Å². The number of benzene rings is 1. The van der Waals surface area contributed by atoms with Crippen molar-refractivity contribution in [3.05, 3.63) is 33.8 Å². The number of aromatic nitrogens is 2. The molecular formula is C22H27FN6O3S. The van der Waals surface area contributed by atoms with Crippen LogP contribution in [0, 0.1) is 12.7 Å². The molecule has 176 valence electrons. The number of ether oxygens (including phenoxy) is 2. The van der Waals surface area contributed by atoms with Gasteiger partial charge in [-0.15, -0.1) is 11.3 Å². The SMILES string of the molecule is COc1cc2c(N)nc(N3CCN(C(=O)CC(N)c4ccc(C)s4)CC3)nc2c(F)c1OC. The third kappa shape index (κ3) is 4.51. The second kappa shape index (κ2) is 9.36. The molecule has 0 spiro atoms. The summed E-state index contributed by atoms with van der Waals surface area (Å²) in [5.41, 5.74) is 12.4. The van der Waals surface area contributed by atoms with Gasteiger partial charge < -0.3 is 30.7 Å². The van der Waals surface area contributed by atoms with Crippen LogP contribution in [0.1, 0.15) is 22.2 Å². The average molecular weight is 475 g/mol. The number of rotatable bonds is 6. The van der Waals surface area contributed by atoms with Crippen LogP contribution in [0.4, 0.5) is 16.2 Å². The molecule has 1 amide bonds. The Bertz CT molecular complexity index is 1180. The molecule has 1 aliphatic rings. The van der Waals surface area contributed by atoms with Crippen LogP contribution in [0.25, 0.3) is 10.9 Å². The Morgan fingerprint density at radius 1 is 1.21 bits per heavy atom. The molecular weight excluding hydrogens is 447 g/mol. The number of carbonyl (C=O) groups excluding carboxylic acids is 1. The maximum atomic E-state index is 15.0. The van der Waals surface area contributed by atoms with E-state index in [4.69, 9.17) is 20.9 Å². The third-order valence-corrected chi connectivity index (χ3v) is 6.86. The zero-order valence-electron chi connectivity index (χ0n) is 18.8. The number of amides is 1. The molecule has 1 saturated heterocycles. The summed E-state index contributed by atoms with van der Waals surface area (Å²) in [5.74, 6) is -0.0197. The number of anilines is 2. The molecule has 1 aliphatic heterocycles. The molecule has 0 radical (unpaired) electrons. The largest absolute Gasteiger partial charge is 0.493 e. The van der Waals surface area contributed by atoms with Crippen LogP contribution in [0.15, 0.2) is 18.2 Å². The van der Waals surface area contributed by atoms with Gasteiger partial charge in [-0.25, -0.2) is 9.37 Å². The fourth-order valence-corrected chi connectivity index (χ4v) is 4.78. The van der Waals surface area contributed by atoms with Gasteiger partial charge in [-0.3, -0.25) is 4.79 Å². The smallest absolute Gasteiger partial charge is 0.228 e. The minimum Gasteiger partial charge on any atom is -0.493 e. The minimum atomic E-state index is -0.659. The normalized spacial score (nSPS) is 15.1. The second-order valence-electron chi connectivity index (χ2n) is 7.86. The molecule has 4 N–H and O–H groups in total. The number of hydrogen-bond donors (Lipinski definition) is 2. The number of nitrogen functional groups attached to an aromatic ring is 1. The Morgan fingerprint density at radius 3 is 2.55 bits per heavy atom. The summed E-state index contributed by atoms with van der Waals surface area (Å²) >= 11 is 1.61. The van der Waals surface area contributed by atoms with Gasteiger partial charge >= 0.3 is 0 Å². The first-order valence-electron chi connectivity index (χ1n) is 10.5. The van der Waals surface area contributed by atoms with E-state index in [-0.39, 0.29) is 41.2 Å². The molecule has 1 aromatic carbocycles. The van der Waals surface area contributed by atoms with Gasteiger partial charge in [0, 0.05) is 53.8 Å². The number of nitrogens with zero attached hydrogens (tertiary/aromatic N) is 4. The van der Waals surface area contributed by atoms with Crippen LogP contribution in [0.2, 0.25) is 0 Å². The lowest BCUT2D eigenvalue weighted by Crippen LogP contribution is -2.49. The molecule has 0 bridgehead atoms. The molecule has 4 rings (SSSR count). The van der Waals surface area contributed by atoms with E-state index < -0.39 is 5.82 Å². The molecule has 3 heterocycles. The Hall–Kier alpha value is -3.18. The number of piperazine rings is 1. The van der Waals surface area contributed by atoms with Crippen molar-refractivity contribution in [3.63, 3.8) is 0 Å². The molecule has 9 nitrogen and oxygen atoms in total. The maximum Gasteiger partial charge on any atom is 0.228 e. The van der Waals surface area contributed by atoms with E-state index in [1.165, 1.54) is 19.1 Å². The first kappa shape index (κ1) is 23.0. The Labute approximate surface area is 195 Å². The summed E-state index contributed by atoms with van der Waals surface area (Å²) in [7, 11) is 2.78. The standard InChI is InChI=1S/C22H27FN6O3S/c1-12-4-5-16(33-12)14(24)11-17(30)28-6-8-29(9-7-28)22-26-19-13(21(25)27-22)10-15(31-2)20(32-3)18(19)23/h4-5,10,14H,6-9,11,24H2,1-3H3,(H2,25,26,27). The number of methoxy groups -OCH3 is 2. The van der Waals surface area contributed by atoms with Crippen molar-refractivity contribution in [2.24, 2.45) is 5.73 Å². The van der Waals surface area contributed by atoms with E-state index in [1.807, 2.05) is 24.0 Å². The first-order valence-corrected chi connectivity index (χ1v) is 11.4. The average Bonchev–Trinajstić information content (AvgIpc) is 3.25. The van der Waals surface area contributed by atoms with E-state index >= 15 is 4.39 Å². The second-order valence-corrected chi connectivity index (χ2v) is 9.18. The molecule has 11 heteroatoms. The van der Waals surface area contributed by atoms with Crippen molar-refractivity contribution in [3.8, 4) is 11.5 Å². The number of fused-ring (bicyclic) bond motifs is 1. The summed E-state index contributed by atoms with van der Waals surface area (Å²) in [6.07, 6.45) is 0.256. The molecule has 1 fully saturated rings. The molecule has 1 unspecified atom stereocenters. The molecule has 0 aliphatic carbocycles. The predicted octanol–water partition coefficient (Wildman–Crippen LogP) is 2.48. The van der Waals surface area contributed by atoms with Crippen LogP contribution in [0.3, 0.4) is 0 Å². The lowest BCUT2D eigenvalue weighted by Gasteiger charge is -2.35. The Kier molecular flexibility index (Phi) is 6.52. The van der Waals surface area contributed by atoms with Crippen molar-refractivity contribution >= 4 is 39.9 Å². The summed E-state index contributed by atoms with van der Waals surface area (Å²) in [6.45, 7) is 4.00. The highest BCUT2D eigenvalue weighted by atomic mass is 32.1. The van der Waals surface area contributed by atoms with Crippen LogP contribution in [-0.4, -0.2) is 61.2 Å². The first-order chi connectivity index (χ1) is 15.8. The van der Waals surface area contributed by atoms with E-state index in [2.05, 4.69) is 9.97 Å². The number of halogens is 1. The molecule has 0 saturated carbocycles. The molecule has 2 aromatic heterocycles. The summed E-state index contributed by atoms with van der Waals surface area (Å²) < 4.78 is 25.4. The summed E-state index contributed by atoms with van der Waals surface area (Å²) in [4.78, 5) is 27.4. The van der Waals surface area contributed by atoms with Gasteiger partial charge in [-0.05, 0) is 25.1 Å². The van der Waals surface area contributed by atoms with Crippen molar-refractivity contribution < 1.29 is 18.7 Å². The highest BCUT2D eigenvalue weighted by Crippen LogP contribution is 2.37. The highest BCUT2D eigenvalue weighted by molar-refractivity contribution is 7.12. The lowest BCUT2D eigenvalue weighted by atomic mass is 10.1. The topological polar surface area (TPSA) is 120 Å². The fourth-order valence-electron chi connectivity index (χ4n) is 3.91. The van der Waals surface area contributed by atoms with Crippen molar-refractivity contribution in [1.82, 2.24) is 14.9 Å². The van der Waals surface area contributed by atoms with Gasteiger partial charge in [0.2, 0.25) is 11.9 Å². The number of aryl methyl sites for hydroxylation is 1. The van der Waals surface area contributed by atoms with Gasteiger partial charge in [-0.2, -0.15) is 4.98 Å². The van der Waals surface area contributed by atoms with E-state index in [0.717, 1.165) is 4.88 Å². The van der Waals surface area contributed by atoms with Gasteiger partial charge in [0.25, 0.3) is 0 Å². The monoisotopic (exact) mass is 474 g/mol. The number of thiophene rings is 1. The predicted molar refractivity (Wildman–Crippen MR) is 126 cm³/mol. The zero-order valence-corrected chi connectivity index (χ0v) is 19.6. The van der Waals surface area contributed by atoms with Crippen LogP contribution in [-0.2, 0) is 4.79 Å². The van der Waals surface area contributed by atoms with Crippen molar-refractivity contribution in [2.45, 2.75) is 19.4 Å². The maximum absolute atomic E-state index is 15.0. The fraction of sp³-hybridized carbons (Fsp3) is 0.409.